The molecule has 0 saturated carbocycles. The predicted molar refractivity (Wildman–Crippen MR) is 54.9 cm³/mol. The van der Waals surface area contributed by atoms with E-state index in [1.165, 1.54) is 44.4 Å². The number of nitrogens with one attached hydrogen (secondary N) is 1. The van der Waals surface area contributed by atoms with Gasteiger partial charge in [-0.25, -0.2) is 0 Å². The summed E-state index contributed by atoms with van der Waals surface area (Å²) in [6.07, 6.45) is 6.66. The van der Waals surface area contributed by atoms with Crippen molar-refractivity contribution in [2.45, 2.75) is 46.0 Å². The molecule has 0 aliphatic carbocycles. The molecule has 11 heavy (non-hydrogen) atoms. The first kappa shape index (κ1) is 11.3. The molecule has 0 unspecified atom stereocenters. The van der Waals surface area contributed by atoms with Gasteiger partial charge in [-0.15, -0.1) is 0 Å². The molecule has 0 heterocycles. The molecule has 0 rings (SSSR count). The quantitative estimate of drug-likeness (QED) is 0.449. The largest absolute Gasteiger partial charge is 0.264 e. The summed E-state index contributed by atoms with van der Waals surface area (Å²) >= 11 is 1.88. The Morgan fingerprint density at radius 1 is 1.00 bits per heavy atom. The highest BCUT2D eigenvalue weighted by Crippen LogP contribution is 2.00. The minimum Gasteiger partial charge on any atom is -0.264 e. The van der Waals surface area contributed by atoms with Crippen LogP contribution in [-0.2, 0) is 0 Å². The third-order valence-electron chi connectivity index (χ3n) is 1.58. The molecular weight excluding hydrogens is 154 g/mol. The first-order valence-corrected chi connectivity index (χ1v) is 5.75. The maximum Gasteiger partial charge on any atom is 0.00785 e. The highest BCUT2D eigenvalue weighted by atomic mass is 32.2. The summed E-state index contributed by atoms with van der Waals surface area (Å²) in [6.45, 7) is 5.66. The maximum atomic E-state index is 3.37. The van der Waals surface area contributed by atoms with Gasteiger partial charge in [0.15, 0.2) is 0 Å². The Labute approximate surface area is 75.5 Å². The number of hydrogen-bond donors (Lipinski definition) is 1. The number of rotatable bonds is 8. The molecule has 0 spiro atoms. The van der Waals surface area contributed by atoms with Crippen LogP contribution in [0.25, 0.3) is 0 Å². The van der Waals surface area contributed by atoms with Gasteiger partial charge in [-0.2, -0.15) is 0 Å². The molecule has 1 N–H and O–H groups in total. The van der Waals surface area contributed by atoms with Crippen LogP contribution in [0.1, 0.15) is 46.0 Å². The van der Waals surface area contributed by atoms with Gasteiger partial charge in [-0.1, -0.05) is 45.1 Å². The van der Waals surface area contributed by atoms with E-state index in [0.717, 1.165) is 0 Å². The van der Waals surface area contributed by atoms with Crippen molar-refractivity contribution in [3.05, 3.63) is 0 Å². The van der Waals surface area contributed by atoms with E-state index in [-0.39, 0.29) is 0 Å². The average Bonchev–Trinajstić information content (AvgIpc) is 2.03. The van der Waals surface area contributed by atoms with Gasteiger partial charge < -0.3 is 0 Å². The normalized spacial score (nSPS) is 10.4. The molecule has 0 aromatic carbocycles. The van der Waals surface area contributed by atoms with Crippen molar-refractivity contribution in [2.75, 3.05) is 12.3 Å². The van der Waals surface area contributed by atoms with E-state index in [0.29, 0.717) is 0 Å². The van der Waals surface area contributed by atoms with Crippen LogP contribution >= 0.6 is 11.9 Å². The van der Waals surface area contributed by atoms with E-state index >= 15 is 0 Å². The van der Waals surface area contributed by atoms with Crippen molar-refractivity contribution in [3.8, 4) is 0 Å². The zero-order valence-electron chi connectivity index (χ0n) is 7.86. The second-order valence-electron chi connectivity index (χ2n) is 2.80. The fourth-order valence-corrected chi connectivity index (χ4v) is 1.67. The van der Waals surface area contributed by atoms with Gasteiger partial charge in [0.1, 0.15) is 0 Å². The minimum atomic E-state index is 1.18. The number of hydrogen-bond acceptors (Lipinski definition) is 2. The van der Waals surface area contributed by atoms with Crippen molar-refractivity contribution in [1.29, 1.82) is 0 Å². The van der Waals surface area contributed by atoms with Crippen molar-refractivity contribution < 1.29 is 0 Å². The van der Waals surface area contributed by atoms with Crippen molar-refractivity contribution in [1.82, 2.24) is 4.72 Å². The summed E-state index contributed by atoms with van der Waals surface area (Å²) in [4.78, 5) is 0. The fraction of sp³-hybridized carbons (Fsp3) is 1.00. The first-order valence-electron chi connectivity index (χ1n) is 4.76. The Morgan fingerprint density at radius 3 is 2.36 bits per heavy atom. The highest BCUT2D eigenvalue weighted by molar-refractivity contribution is 7.97. The van der Waals surface area contributed by atoms with E-state index in [9.17, 15) is 0 Å². The van der Waals surface area contributed by atoms with E-state index in [4.69, 9.17) is 0 Å². The van der Waals surface area contributed by atoms with Crippen LogP contribution in [0.4, 0.5) is 0 Å². The Hall–Kier alpha value is 0.310. The highest BCUT2D eigenvalue weighted by Gasteiger charge is 1.87. The molecular formula is C9H21NS. The van der Waals surface area contributed by atoms with Gasteiger partial charge in [0.2, 0.25) is 0 Å². The standard InChI is InChI=1S/C9H21NS/c1-3-5-7-8-10-11-9-6-4-2/h10H,3-9H2,1-2H3. The number of unbranched alkanes of at least 4 members (excludes halogenated alkanes) is 3. The Morgan fingerprint density at radius 2 is 1.73 bits per heavy atom. The maximum absolute atomic E-state index is 3.37. The lowest BCUT2D eigenvalue weighted by Crippen LogP contribution is -2.05. The summed E-state index contributed by atoms with van der Waals surface area (Å²) in [5.74, 6) is 1.27. The molecule has 0 bridgehead atoms. The molecule has 1 nitrogen and oxygen atoms in total. The van der Waals surface area contributed by atoms with Crippen molar-refractivity contribution in [2.24, 2.45) is 0 Å². The van der Waals surface area contributed by atoms with Crippen LogP contribution in [0.3, 0.4) is 0 Å². The Bertz CT molecular complexity index is 58.6. The molecule has 0 aliphatic heterocycles. The molecule has 0 amide bonds. The molecule has 0 aromatic heterocycles. The van der Waals surface area contributed by atoms with Crippen LogP contribution in [-0.4, -0.2) is 12.3 Å². The molecule has 0 radical (unpaired) electrons. The topological polar surface area (TPSA) is 12.0 Å². The monoisotopic (exact) mass is 175 g/mol. The fourth-order valence-electron chi connectivity index (χ4n) is 0.808. The van der Waals surface area contributed by atoms with Gasteiger partial charge >= 0.3 is 0 Å². The second-order valence-corrected chi connectivity index (χ2v) is 3.79. The molecule has 0 fully saturated rings. The lowest BCUT2D eigenvalue weighted by Gasteiger charge is -2.01. The third kappa shape index (κ3) is 10.3. The molecule has 2 heteroatoms. The van der Waals surface area contributed by atoms with Crippen molar-refractivity contribution >= 4 is 11.9 Å². The Balaban J connectivity index is 2.69. The van der Waals surface area contributed by atoms with E-state index in [1.54, 1.807) is 0 Å². The van der Waals surface area contributed by atoms with E-state index in [1.807, 2.05) is 11.9 Å². The predicted octanol–water partition coefficient (Wildman–Crippen LogP) is 3.21. The van der Waals surface area contributed by atoms with E-state index < -0.39 is 0 Å². The van der Waals surface area contributed by atoms with Crippen LogP contribution in [0, 0.1) is 0 Å². The molecule has 0 aliphatic rings. The first-order chi connectivity index (χ1) is 5.41. The minimum absolute atomic E-state index is 1.18. The molecule has 0 saturated heterocycles. The zero-order chi connectivity index (χ0) is 8.36. The Kier molecular flexibility index (Phi) is 10.6. The summed E-state index contributed by atoms with van der Waals surface area (Å²) in [6, 6.07) is 0. The van der Waals surface area contributed by atoms with Gasteiger partial charge in [0.25, 0.3) is 0 Å². The SMILES string of the molecule is CCCCCNSCCCC. The zero-order valence-corrected chi connectivity index (χ0v) is 8.67. The van der Waals surface area contributed by atoms with Gasteiger partial charge in [0, 0.05) is 12.3 Å². The van der Waals surface area contributed by atoms with Gasteiger partial charge in [-0.05, 0) is 12.8 Å². The van der Waals surface area contributed by atoms with E-state index in [2.05, 4.69) is 18.6 Å². The lowest BCUT2D eigenvalue weighted by molar-refractivity contribution is 0.708. The average molecular weight is 175 g/mol. The molecule has 68 valence electrons. The summed E-state index contributed by atoms with van der Waals surface area (Å²) in [7, 11) is 0. The molecule has 0 aromatic rings. The van der Waals surface area contributed by atoms with Crippen molar-refractivity contribution in [3.63, 3.8) is 0 Å². The lowest BCUT2D eigenvalue weighted by atomic mass is 10.3. The summed E-state index contributed by atoms with van der Waals surface area (Å²) in [5.41, 5.74) is 0. The third-order valence-corrected chi connectivity index (χ3v) is 2.49. The molecule has 0 atom stereocenters. The second kappa shape index (κ2) is 10.3. The van der Waals surface area contributed by atoms with Crippen LogP contribution in [0.5, 0.6) is 0 Å². The smallest absolute Gasteiger partial charge is 0.00785 e. The van der Waals surface area contributed by atoms with Crippen LogP contribution in [0.15, 0.2) is 0 Å². The van der Waals surface area contributed by atoms with Gasteiger partial charge in [-0.3, -0.25) is 4.72 Å². The summed E-state index contributed by atoms with van der Waals surface area (Å²) < 4.78 is 3.37. The van der Waals surface area contributed by atoms with Gasteiger partial charge in [0.05, 0.1) is 0 Å². The summed E-state index contributed by atoms with van der Waals surface area (Å²) in [5, 5.41) is 0. The van der Waals surface area contributed by atoms with Crippen LogP contribution in [0.2, 0.25) is 0 Å². The van der Waals surface area contributed by atoms with Crippen LogP contribution < -0.4 is 4.72 Å².